The first-order valence-corrected chi connectivity index (χ1v) is 8.82. The normalized spacial score (nSPS) is 19.5. The molecule has 1 N–H and O–H groups in total. The molecular weight excluding hydrogens is 383 g/mol. The smallest absolute Gasteiger partial charge is 0.270 e. The third-order valence-corrected chi connectivity index (χ3v) is 6.31. The zero-order valence-corrected chi connectivity index (χ0v) is 13.4. The number of nitrogens with one attached hydrogen (secondary N) is 1. The fourth-order valence-corrected chi connectivity index (χ4v) is 4.94. The first-order chi connectivity index (χ1) is 8.66. The predicted octanol–water partition coefficient (Wildman–Crippen LogP) is 3.46. The summed E-state index contributed by atoms with van der Waals surface area (Å²) in [5.74, 6) is 3.64. The summed E-state index contributed by atoms with van der Waals surface area (Å²) in [6, 6.07) is 4.94. The molecule has 0 amide bonds. The van der Waals surface area contributed by atoms with Crippen LogP contribution in [0.25, 0.3) is 0 Å². The predicted molar refractivity (Wildman–Crippen MR) is 87.9 cm³/mol. The van der Waals surface area contributed by atoms with Crippen molar-refractivity contribution >= 4 is 57.5 Å². The van der Waals surface area contributed by atoms with E-state index in [2.05, 4.69) is 27.9 Å². The Morgan fingerprint density at radius 1 is 1.50 bits per heavy atom. The molecular formula is C11H13IN2O2S2. The maximum atomic E-state index is 10.6. The zero-order valence-electron chi connectivity index (χ0n) is 9.60. The summed E-state index contributed by atoms with van der Waals surface area (Å²) < 4.78 is 0.898. The van der Waals surface area contributed by atoms with Crippen LogP contribution in [0.4, 0.5) is 11.4 Å². The summed E-state index contributed by atoms with van der Waals surface area (Å²) in [6.07, 6.45) is 0. The molecule has 1 atom stereocenters. The SMILES string of the molecule is O=[N+]([O-])c1ccc(NCC2CSCCS2)c(I)c1. The Bertz CT molecular complexity index is 439. The van der Waals surface area contributed by atoms with E-state index in [-0.39, 0.29) is 10.6 Å². The molecule has 0 bridgehead atoms. The zero-order chi connectivity index (χ0) is 13.0. The average molecular weight is 396 g/mol. The average Bonchev–Trinajstić information content (AvgIpc) is 2.38. The molecule has 1 aromatic carbocycles. The van der Waals surface area contributed by atoms with Crippen LogP contribution in [0.5, 0.6) is 0 Å². The first-order valence-electron chi connectivity index (χ1n) is 5.54. The monoisotopic (exact) mass is 396 g/mol. The minimum atomic E-state index is -0.362. The summed E-state index contributed by atoms with van der Waals surface area (Å²) in [5, 5.41) is 14.7. The van der Waals surface area contributed by atoms with Gasteiger partial charge in [0, 0.05) is 50.4 Å². The Kier molecular flexibility index (Phi) is 5.43. The van der Waals surface area contributed by atoms with Crippen molar-refractivity contribution in [2.24, 2.45) is 0 Å². The van der Waals surface area contributed by atoms with Gasteiger partial charge < -0.3 is 5.32 Å². The van der Waals surface area contributed by atoms with Gasteiger partial charge in [0.2, 0.25) is 0 Å². The van der Waals surface area contributed by atoms with Gasteiger partial charge in [0.05, 0.1) is 4.92 Å². The summed E-state index contributed by atoms with van der Waals surface area (Å²) >= 11 is 6.13. The highest BCUT2D eigenvalue weighted by molar-refractivity contribution is 14.1. The van der Waals surface area contributed by atoms with Crippen LogP contribution in [0.3, 0.4) is 0 Å². The van der Waals surface area contributed by atoms with Crippen molar-refractivity contribution in [3.8, 4) is 0 Å². The molecule has 0 radical (unpaired) electrons. The number of nitro groups is 1. The van der Waals surface area contributed by atoms with Crippen molar-refractivity contribution in [3.05, 3.63) is 31.9 Å². The first kappa shape index (κ1) is 14.3. The van der Waals surface area contributed by atoms with Gasteiger partial charge in [-0.15, -0.1) is 0 Å². The lowest BCUT2D eigenvalue weighted by atomic mass is 10.3. The van der Waals surface area contributed by atoms with E-state index >= 15 is 0 Å². The van der Waals surface area contributed by atoms with E-state index in [4.69, 9.17) is 0 Å². The number of nitro benzene ring substituents is 1. The molecule has 1 aliphatic heterocycles. The molecule has 1 fully saturated rings. The van der Waals surface area contributed by atoms with Gasteiger partial charge in [-0.2, -0.15) is 23.5 Å². The van der Waals surface area contributed by atoms with Crippen molar-refractivity contribution in [1.29, 1.82) is 0 Å². The van der Waals surface area contributed by atoms with Gasteiger partial charge >= 0.3 is 0 Å². The standard InChI is InChI=1S/C11H13IN2O2S2/c12-10-5-8(14(15)16)1-2-11(10)13-6-9-7-17-3-4-18-9/h1-2,5,9,13H,3-4,6-7H2. The molecule has 98 valence electrons. The van der Waals surface area contributed by atoms with E-state index in [9.17, 15) is 10.1 Å². The Labute approximate surface area is 128 Å². The third-order valence-electron chi connectivity index (χ3n) is 2.57. The Hall–Kier alpha value is -0.150. The number of hydrogen-bond acceptors (Lipinski definition) is 5. The molecule has 1 aromatic rings. The van der Waals surface area contributed by atoms with Crippen LogP contribution in [0.15, 0.2) is 18.2 Å². The lowest BCUT2D eigenvalue weighted by Crippen LogP contribution is -2.23. The van der Waals surface area contributed by atoms with Crippen LogP contribution >= 0.6 is 46.1 Å². The van der Waals surface area contributed by atoms with Gasteiger partial charge in [0.15, 0.2) is 0 Å². The Morgan fingerprint density at radius 3 is 2.94 bits per heavy atom. The van der Waals surface area contributed by atoms with Crippen LogP contribution in [0.1, 0.15) is 0 Å². The number of non-ortho nitro benzene ring substituents is 1. The largest absolute Gasteiger partial charge is 0.383 e. The fraction of sp³-hybridized carbons (Fsp3) is 0.455. The molecule has 0 aliphatic carbocycles. The van der Waals surface area contributed by atoms with Gasteiger partial charge in [0.25, 0.3) is 5.69 Å². The quantitative estimate of drug-likeness (QED) is 0.480. The molecule has 0 aromatic heterocycles. The molecule has 1 saturated heterocycles. The maximum absolute atomic E-state index is 10.6. The summed E-state index contributed by atoms with van der Waals surface area (Å²) in [5.41, 5.74) is 1.13. The van der Waals surface area contributed by atoms with Gasteiger partial charge in [0.1, 0.15) is 0 Å². The number of benzene rings is 1. The Morgan fingerprint density at radius 2 is 2.33 bits per heavy atom. The second kappa shape index (κ2) is 6.85. The van der Waals surface area contributed by atoms with Crippen molar-refractivity contribution in [2.75, 3.05) is 29.1 Å². The van der Waals surface area contributed by atoms with E-state index in [1.165, 1.54) is 17.3 Å². The highest BCUT2D eigenvalue weighted by atomic mass is 127. The van der Waals surface area contributed by atoms with Gasteiger partial charge in [-0.05, 0) is 28.7 Å². The second-order valence-corrected chi connectivity index (χ2v) is 7.59. The van der Waals surface area contributed by atoms with Crippen LogP contribution in [-0.4, -0.2) is 34.0 Å². The van der Waals surface area contributed by atoms with E-state index < -0.39 is 0 Å². The molecule has 1 heterocycles. The van der Waals surface area contributed by atoms with E-state index in [1.807, 2.05) is 23.5 Å². The van der Waals surface area contributed by atoms with E-state index in [0.717, 1.165) is 15.8 Å². The van der Waals surface area contributed by atoms with Crippen molar-refractivity contribution in [2.45, 2.75) is 5.25 Å². The molecule has 0 spiro atoms. The highest BCUT2D eigenvalue weighted by Gasteiger charge is 2.15. The maximum Gasteiger partial charge on any atom is 0.270 e. The molecule has 18 heavy (non-hydrogen) atoms. The van der Waals surface area contributed by atoms with Crippen LogP contribution in [-0.2, 0) is 0 Å². The van der Waals surface area contributed by atoms with Crippen LogP contribution in [0, 0.1) is 13.7 Å². The number of thioether (sulfide) groups is 2. The molecule has 1 unspecified atom stereocenters. The summed E-state index contributed by atoms with van der Waals surface area (Å²) in [7, 11) is 0. The van der Waals surface area contributed by atoms with E-state index in [1.54, 1.807) is 18.2 Å². The van der Waals surface area contributed by atoms with Crippen molar-refractivity contribution < 1.29 is 4.92 Å². The summed E-state index contributed by atoms with van der Waals surface area (Å²) in [4.78, 5) is 10.3. The minimum Gasteiger partial charge on any atom is -0.383 e. The number of anilines is 1. The third kappa shape index (κ3) is 3.92. The topological polar surface area (TPSA) is 55.2 Å². The molecule has 7 heteroatoms. The lowest BCUT2D eigenvalue weighted by molar-refractivity contribution is -0.384. The molecule has 1 aliphatic rings. The summed E-state index contributed by atoms with van der Waals surface area (Å²) in [6.45, 7) is 0.922. The van der Waals surface area contributed by atoms with Crippen LogP contribution < -0.4 is 5.32 Å². The molecule has 0 saturated carbocycles. The number of hydrogen-bond donors (Lipinski definition) is 1. The molecule has 4 nitrogen and oxygen atoms in total. The number of halogens is 1. The van der Waals surface area contributed by atoms with E-state index in [0.29, 0.717) is 5.25 Å². The van der Waals surface area contributed by atoms with Gasteiger partial charge in [-0.1, -0.05) is 0 Å². The minimum absolute atomic E-state index is 0.146. The lowest BCUT2D eigenvalue weighted by Gasteiger charge is -2.21. The van der Waals surface area contributed by atoms with Gasteiger partial charge in [-0.3, -0.25) is 10.1 Å². The fourth-order valence-electron chi connectivity index (χ4n) is 1.64. The Balaban J connectivity index is 1.94. The highest BCUT2D eigenvalue weighted by Crippen LogP contribution is 2.27. The van der Waals surface area contributed by atoms with Gasteiger partial charge in [-0.25, -0.2) is 0 Å². The number of nitrogens with zero attached hydrogens (tertiary/aromatic N) is 1. The molecule has 2 rings (SSSR count). The number of rotatable bonds is 4. The van der Waals surface area contributed by atoms with Crippen molar-refractivity contribution in [1.82, 2.24) is 0 Å². The second-order valence-electron chi connectivity index (χ2n) is 3.87. The van der Waals surface area contributed by atoms with Crippen molar-refractivity contribution in [3.63, 3.8) is 0 Å². The van der Waals surface area contributed by atoms with Crippen LogP contribution in [0.2, 0.25) is 0 Å².